The van der Waals surface area contributed by atoms with Crippen LogP contribution in [0.5, 0.6) is 0 Å². The molecule has 0 bridgehead atoms. The van der Waals surface area contributed by atoms with E-state index in [9.17, 15) is 4.79 Å². The van der Waals surface area contributed by atoms with E-state index in [2.05, 4.69) is 28.5 Å². The zero-order chi connectivity index (χ0) is 20.3. The summed E-state index contributed by atoms with van der Waals surface area (Å²) in [7, 11) is 1.64. The molecule has 1 fully saturated rings. The van der Waals surface area contributed by atoms with E-state index in [1.165, 1.54) is 4.68 Å². The molecule has 0 saturated carbocycles. The first-order chi connectivity index (χ1) is 13.4. The van der Waals surface area contributed by atoms with Crippen LogP contribution in [0.15, 0.2) is 30.7 Å². The second-order valence-corrected chi connectivity index (χ2v) is 7.01. The van der Waals surface area contributed by atoms with Crippen molar-refractivity contribution in [3.8, 4) is 0 Å². The van der Waals surface area contributed by atoms with Gasteiger partial charge in [-0.3, -0.25) is 15.1 Å². The second kappa shape index (κ2) is 8.39. The van der Waals surface area contributed by atoms with Crippen LogP contribution in [-0.4, -0.2) is 75.6 Å². The molecule has 1 aliphatic rings. The van der Waals surface area contributed by atoms with Crippen molar-refractivity contribution < 1.29 is 9.53 Å². The highest BCUT2D eigenvalue weighted by Crippen LogP contribution is 2.17. The number of piperazine rings is 1. The van der Waals surface area contributed by atoms with E-state index in [1.807, 2.05) is 4.90 Å². The predicted octanol–water partition coefficient (Wildman–Crippen LogP) is 0.798. The van der Waals surface area contributed by atoms with E-state index in [1.54, 1.807) is 25.4 Å². The van der Waals surface area contributed by atoms with E-state index in [0.29, 0.717) is 35.9 Å². The molecule has 1 unspecified atom stereocenters. The number of nitrogens with two attached hydrogens (primary N) is 1. The smallest absolute Gasteiger partial charge is 0.244 e. The van der Waals surface area contributed by atoms with Gasteiger partial charge in [0.1, 0.15) is 18.1 Å². The summed E-state index contributed by atoms with van der Waals surface area (Å²) in [5.41, 5.74) is 6.53. The summed E-state index contributed by atoms with van der Waals surface area (Å²) >= 11 is 0. The number of hydrogen-bond acceptors (Lipinski definition) is 6. The lowest BCUT2D eigenvalue weighted by molar-refractivity contribution is -0.134. The Hall–Kier alpha value is -2.94. The largest absolute Gasteiger partial charge is 0.502 e. The molecule has 1 amide bonds. The maximum absolute atomic E-state index is 12.8. The van der Waals surface area contributed by atoms with E-state index >= 15 is 0 Å². The Balaban J connectivity index is 1.63. The lowest BCUT2D eigenvalue weighted by atomic mass is 10.1. The molecule has 0 aromatic carbocycles. The average Bonchev–Trinajstić information content (AvgIpc) is 3.07. The molecule has 1 saturated heterocycles. The molecule has 28 heavy (non-hydrogen) atoms. The number of aromatic nitrogens is 3. The van der Waals surface area contributed by atoms with Gasteiger partial charge in [-0.05, 0) is 19.1 Å². The van der Waals surface area contributed by atoms with Gasteiger partial charge in [0.25, 0.3) is 0 Å². The van der Waals surface area contributed by atoms with Gasteiger partial charge in [-0.25, -0.2) is 9.67 Å². The summed E-state index contributed by atoms with van der Waals surface area (Å²) in [6, 6.07) is 3.89. The standard InChI is InChI=1S/C19H27N7O2/c1-13(11-14(2)28-3)24-7-9-25(10-8-24)16(27)12-26-19-15(5-4-6-22-19)17(23-26)18(20)21/h4-6,13H,2,7-12H2,1,3H3,(H3,20,21). The summed E-state index contributed by atoms with van der Waals surface area (Å²) < 4.78 is 6.70. The lowest BCUT2D eigenvalue weighted by Crippen LogP contribution is -2.52. The summed E-state index contributed by atoms with van der Waals surface area (Å²) in [5, 5.41) is 12.7. The Morgan fingerprint density at radius 1 is 1.39 bits per heavy atom. The topological polar surface area (TPSA) is 113 Å². The summed E-state index contributed by atoms with van der Waals surface area (Å²) in [6.45, 7) is 9.05. The van der Waals surface area contributed by atoms with Crippen molar-refractivity contribution in [3.63, 3.8) is 0 Å². The van der Waals surface area contributed by atoms with Gasteiger partial charge in [0.05, 0.1) is 18.3 Å². The zero-order valence-corrected chi connectivity index (χ0v) is 16.4. The number of amides is 1. The number of nitrogen functional groups attached to an aromatic ring is 1. The molecule has 3 rings (SSSR count). The molecule has 3 N–H and O–H groups in total. The van der Waals surface area contributed by atoms with Crippen LogP contribution in [-0.2, 0) is 16.1 Å². The van der Waals surface area contributed by atoms with Crippen LogP contribution in [0.25, 0.3) is 11.0 Å². The molecular weight excluding hydrogens is 358 g/mol. The number of rotatable bonds is 7. The number of fused-ring (bicyclic) bond motifs is 1. The second-order valence-electron chi connectivity index (χ2n) is 7.01. The minimum Gasteiger partial charge on any atom is -0.502 e. The van der Waals surface area contributed by atoms with Crippen LogP contribution in [0.2, 0.25) is 0 Å². The van der Waals surface area contributed by atoms with E-state index in [-0.39, 0.29) is 18.3 Å². The molecule has 2 aromatic heterocycles. The fourth-order valence-electron chi connectivity index (χ4n) is 3.50. The predicted molar refractivity (Wildman–Crippen MR) is 107 cm³/mol. The maximum atomic E-state index is 12.8. The Kier molecular flexibility index (Phi) is 5.93. The van der Waals surface area contributed by atoms with E-state index < -0.39 is 0 Å². The monoisotopic (exact) mass is 385 g/mol. The number of methoxy groups -OCH3 is 1. The number of hydrogen-bond donors (Lipinski definition) is 2. The van der Waals surface area contributed by atoms with Gasteiger partial charge in [0.2, 0.25) is 5.91 Å². The first kappa shape index (κ1) is 19.8. The van der Waals surface area contributed by atoms with Crippen molar-refractivity contribution in [2.24, 2.45) is 5.73 Å². The molecule has 0 radical (unpaired) electrons. The summed E-state index contributed by atoms with van der Waals surface area (Å²) in [6.07, 6.45) is 2.42. The van der Waals surface area contributed by atoms with Crippen molar-refractivity contribution in [2.45, 2.75) is 25.9 Å². The Morgan fingerprint density at radius 2 is 2.11 bits per heavy atom. The van der Waals surface area contributed by atoms with Crippen LogP contribution >= 0.6 is 0 Å². The number of nitrogens with zero attached hydrogens (tertiary/aromatic N) is 5. The van der Waals surface area contributed by atoms with Crippen LogP contribution in [0.1, 0.15) is 19.0 Å². The van der Waals surface area contributed by atoms with Gasteiger partial charge in [-0.1, -0.05) is 6.58 Å². The van der Waals surface area contributed by atoms with Gasteiger partial charge in [-0.15, -0.1) is 0 Å². The highest BCUT2D eigenvalue weighted by molar-refractivity contribution is 6.04. The lowest BCUT2D eigenvalue weighted by Gasteiger charge is -2.38. The Bertz CT molecular complexity index is 884. The van der Waals surface area contributed by atoms with Crippen molar-refractivity contribution >= 4 is 22.8 Å². The van der Waals surface area contributed by atoms with Gasteiger partial charge in [0, 0.05) is 44.8 Å². The van der Waals surface area contributed by atoms with E-state index in [4.69, 9.17) is 15.9 Å². The zero-order valence-electron chi connectivity index (χ0n) is 16.4. The number of amidine groups is 1. The first-order valence-electron chi connectivity index (χ1n) is 9.30. The average molecular weight is 385 g/mol. The molecule has 1 atom stereocenters. The maximum Gasteiger partial charge on any atom is 0.244 e. The van der Waals surface area contributed by atoms with Crippen molar-refractivity contribution in [1.29, 1.82) is 5.41 Å². The molecular formula is C19H27N7O2. The number of carbonyl (C=O) groups is 1. The number of nitrogens with one attached hydrogen (secondary N) is 1. The highest BCUT2D eigenvalue weighted by atomic mass is 16.5. The summed E-state index contributed by atoms with van der Waals surface area (Å²) in [4.78, 5) is 21.3. The van der Waals surface area contributed by atoms with Crippen molar-refractivity contribution in [2.75, 3.05) is 33.3 Å². The van der Waals surface area contributed by atoms with Crippen LogP contribution in [0, 0.1) is 5.41 Å². The molecule has 1 aliphatic heterocycles. The molecule has 150 valence electrons. The highest BCUT2D eigenvalue weighted by Gasteiger charge is 2.25. The van der Waals surface area contributed by atoms with Gasteiger partial charge >= 0.3 is 0 Å². The number of ether oxygens (including phenoxy) is 1. The third-order valence-electron chi connectivity index (χ3n) is 5.15. The number of pyridine rings is 1. The van der Waals surface area contributed by atoms with Gasteiger partial charge in [-0.2, -0.15) is 5.10 Å². The molecule has 9 nitrogen and oxygen atoms in total. The third-order valence-corrected chi connectivity index (χ3v) is 5.15. The fraction of sp³-hybridized carbons (Fsp3) is 0.474. The molecule has 0 aliphatic carbocycles. The van der Waals surface area contributed by atoms with Crippen molar-refractivity contribution in [3.05, 3.63) is 36.4 Å². The van der Waals surface area contributed by atoms with Crippen LogP contribution in [0.3, 0.4) is 0 Å². The Labute approximate surface area is 164 Å². The quantitative estimate of drug-likeness (QED) is 0.414. The Morgan fingerprint density at radius 3 is 2.75 bits per heavy atom. The molecule has 9 heteroatoms. The SMILES string of the molecule is C=C(CC(C)N1CCN(C(=O)Cn2nc(C(=N)N)c3cccnc32)CC1)OC. The normalized spacial score (nSPS) is 16.1. The minimum atomic E-state index is -0.135. The molecule has 0 spiro atoms. The third kappa shape index (κ3) is 4.14. The van der Waals surface area contributed by atoms with Gasteiger partial charge in [0.15, 0.2) is 5.65 Å². The van der Waals surface area contributed by atoms with E-state index in [0.717, 1.165) is 25.3 Å². The summed E-state index contributed by atoms with van der Waals surface area (Å²) in [5.74, 6) is 0.619. The van der Waals surface area contributed by atoms with Gasteiger partial charge < -0.3 is 15.4 Å². The molecule has 2 aromatic rings. The van der Waals surface area contributed by atoms with Crippen molar-refractivity contribution in [1.82, 2.24) is 24.6 Å². The number of carbonyl (C=O) groups excluding carboxylic acids is 1. The minimum absolute atomic E-state index is 0.0150. The molecule has 3 heterocycles. The first-order valence-corrected chi connectivity index (χ1v) is 9.30. The van der Waals surface area contributed by atoms with Crippen LogP contribution in [0.4, 0.5) is 0 Å². The fourth-order valence-corrected chi connectivity index (χ4v) is 3.50. The van der Waals surface area contributed by atoms with Crippen LogP contribution < -0.4 is 5.73 Å².